The molecular formula is C13H14N6. The van der Waals surface area contributed by atoms with E-state index in [0.29, 0.717) is 5.82 Å². The Balaban J connectivity index is 1.73. The van der Waals surface area contributed by atoms with Crippen molar-refractivity contribution < 1.29 is 0 Å². The number of anilines is 1. The van der Waals surface area contributed by atoms with Crippen molar-refractivity contribution >= 4 is 5.69 Å². The Morgan fingerprint density at radius 2 is 2.26 bits per heavy atom. The fourth-order valence-corrected chi connectivity index (χ4v) is 1.92. The fraction of sp³-hybridized carbons (Fsp3) is 0.154. The van der Waals surface area contributed by atoms with E-state index in [2.05, 4.69) is 38.2 Å². The molecule has 2 N–H and O–H groups in total. The predicted octanol–water partition coefficient (Wildman–Crippen LogP) is 1.82. The summed E-state index contributed by atoms with van der Waals surface area (Å²) < 4.78 is 2.03. The van der Waals surface area contributed by atoms with Crippen LogP contribution < -0.4 is 5.32 Å². The van der Waals surface area contributed by atoms with Gasteiger partial charge in [-0.2, -0.15) is 5.21 Å². The Labute approximate surface area is 110 Å². The third-order valence-corrected chi connectivity index (χ3v) is 2.86. The van der Waals surface area contributed by atoms with Gasteiger partial charge in [0.15, 0.2) is 0 Å². The van der Waals surface area contributed by atoms with Gasteiger partial charge in [0.25, 0.3) is 0 Å². The molecule has 0 aliphatic rings. The van der Waals surface area contributed by atoms with Crippen molar-refractivity contribution in [3.63, 3.8) is 0 Å². The topological polar surface area (TPSA) is 71.4 Å². The molecule has 3 aromatic rings. The van der Waals surface area contributed by atoms with Crippen LogP contribution in [0, 0.1) is 0 Å². The summed E-state index contributed by atoms with van der Waals surface area (Å²) in [6.45, 7) is 0.788. The SMILES string of the molecule is Cn1ccc(CNc2cccc(-c3nn[nH]n3)c2)c1. The number of aryl methyl sites for hydroxylation is 1. The number of H-pyrrole nitrogens is 1. The Hall–Kier alpha value is -2.63. The van der Waals surface area contributed by atoms with Crippen LogP contribution in [0.1, 0.15) is 5.56 Å². The van der Waals surface area contributed by atoms with Gasteiger partial charge in [0.2, 0.25) is 5.82 Å². The third-order valence-electron chi connectivity index (χ3n) is 2.86. The van der Waals surface area contributed by atoms with E-state index in [-0.39, 0.29) is 0 Å². The van der Waals surface area contributed by atoms with Gasteiger partial charge in [-0.25, -0.2) is 0 Å². The molecule has 0 aliphatic carbocycles. The van der Waals surface area contributed by atoms with E-state index >= 15 is 0 Å². The van der Waals surface area contributed by atoms with Crippen LogP contribution in [0.4, 0.5) is 5.69 Å². The quantitative estimate of drug-likeness (QED) is 0.745. The molecule has 0 radical (unpaired) electrons. The predicted molar refractivity (Wildman–Crippen MR) is 72.4 cm³/mol. The lowest BCUT2D eigenvalue weighted by Gasteiger charge is -2.06. The maximum atomic E-state index is 3.97. The van der Waals surface area contributed by atoms with Crippen molar-refractivity contribution in [2.45, 2.75) is 6.54 Å². The molecule has 0 bridgehead atoms. The van der Waals surface area contributed by atoms with E-state index in [4.69, 9.17) is 0 Å². The van der Waals surface area contributed by atoms with E-state index in [0.717, 1.165) is 17.8 Å². The first-order valence-electron chi connectivity index (χ1n) is 6.00. The van der Waals surface area contributed by atoms with Crippen LogP contribution >= 0.6 is 0 Å². The summed E-state index contributed by atoms with van der Waals surface area (Å²) in [6.07, 6.45) is 4.13. The van der Waals surface area contributed by atoms with Crippen molar-refractivity contribution in [1.29, 1.82) is 0 Å². The van der Waals surface area contributed by atoms with E-state index in [1.807, 2.05) is 42.1 Å². The number of benzene rings is 1. The van der Waals surface area contributed by atoms with Gasteiger partial charge >= 0.3 is 0 Å². The number of nitrogens with zero attached hydrogens (tertiary/aromatic N) is 4. The highest BCUT2D eigenvalue weighted by atomic mass is 15.5. The largest absolute Gasteiger partial charge is 0.381 e. The molecule has 6 nitrogen and oxygen atoms in total. The van der Waals surface area contributed by atoms with E-state index in [9.17, 15) is 0 Å². The summed E-state index contributed by atoms with van der Waals surface area (Å²) in [5, 5.41) is 17.3. The molecule has 0 fully saturated rings. The minimum absolute atomic E-state index is 0.600. The number of aromatic amines is 1. The van der Waals surface area contributed by atoms with Crippen LogP contribution in [0.5, 0.6) is 0 Å². The van der Waals surface area contributed by atoms with Crippen molar-refractivity contribution in [2.75, 3.05) is 5.32 Å². The summed E-state index contributed by atoms with van der Waals surface area (Å²) in [6, 6.07) is 10.0. The van der Waals surface area contributed by atoms with Gasteiger partial charge in [-0.3, -0.25) is 0 Å². The fourth-order valence-electron chi connectivity index (χ4n) is 1.92. The van der Waals surface area contributed by atoms with Gasteiger partial charge in [0.1, 0.15) is 0 Å². The van der Waals surface area contributed by atoms with Gasteiger partial charge in [-0.05, 0) is 29.0 Å². The van der Waals surface area contributed by atoms with Crippen molar-refractivity contribution in [3.05, 3.63) is 48.3 Å². The smallest absolute Gasteiger partial charge is 0.204 e. The van der Waals surface area contributed by atoms with Crippen molar-refractivity contribution in [1.82, 2.24) is 25.2 Å². The zero-order valence-corrected chi connectivity index (χ0v) is 10.5. The maximum Gasteiger partial charge on any atom is 0.204 e. The molecule has 96 valence electrons. The Morgan fingerprint density at radius 1 is 1.32 bits per heavy atom. The highest BCUT2D eigenvalue weighted by Crippen LogP contribution is 2.18. The second-order valence-corrected chi connectivity index (χ2v) is 4.35. The normalized spacial score (nSPS) is 10.6. The number of rotatable bonds is 4. The molecule has 2 aromatic heterocycles. The Morgan fingerprint density at radius 3 is 3.00 bits per heavy atom. The number of tetrazole rings is 1. The number of hydrogen-bond donors (Lipinski definition) is 2. The van der Waals surface area contributed by atoms with E-state index in [1.165, 1.54) is 5.56 Å². The van der Waals surface area contributed by atoms with E-state index in [1.54, 1.807) is 0 Å². The number of aromatic nitrogens is 5. The van der Waals surface area contributed by atoms with Crippen LogP contribution in [-0.2, 0) is 13.6 Å². The Bertz CT molecular complexity index is 655. The van der Waals surface area contributed by atoms with E-state index < -0.39 is 0 Å². The summed E-state index contributed by atoms with van der Waals surface area (Å²) >= 11 is 0. The zero-order valence-electron chi connectivity index (χ0n) is 10.5. The maximum absolute atomic E-state index is 3.97. The first-order valence-corrected chi connectivity index (χ1v) is 6.00. The van der Waals surface area contributed by atoms with Crippen LogP contribution in [-0.4, -0.2) is 25.2 Å². The lowest BCUT2D eigenvalue weighted by atomic mass is 10.2. The summed E-state index contributed by atoms with van der Waals surface area (Å²) in [4.78, 5) is 0. The van der Waals surface area contributed by atoms with Gasteiger partial charge in [0.05, 0.1) is 0 Å². The standard InChI is InChI=1S/C13H14N6/c1-19-6-5-10(9-19)8-14-12-4-2-3-11(7-12)13-15-17-18-16-13/h2-7,9,14H,8H2,1H3,(H,15,16,17,18). The molecule has 0 spiro atoms. The molecule has 0 amide bonds. The summed E-state index contributed by atoms with van der Waals surface area (Å²) in [5.41, 5.74) is 3.21. The first-order chi connectivity index (χ1) is 9.31. The number of hydrogen-bond acceptors (Lipinski definition) is 4. The molecule has 0 saturated carbocycles. The molecule has 0 atom stereocenters. The molecule has 0 unspecified atom stereocenters. The number of nitrogens with one attached hydrogen (secondary N) is 2. The van der Waals surface area contributed by atoms with Crippen molar-refractivity contribution in [3.8, 4) is 11.4 Å². The van der Waals surface area contributed by atoms with Gasteiger partial charge < -0.3 is 9.88 Å². The Kier molecular flexibility index (Phi) is 2.97. The molecule has 19 heavy (non-hydrogen) atoms. The van der Waals surface area contributed by atoms with Gasteiger partial charge in [0, 0.05) is 37.2 Å². The second kappa shape index (κ2) is 4.93. The monoisotopic (exact) mass is 254 g/mol. The third kappa shape index (κ3) is 2.62. The average Bonchev–Trinajstić information content (AvgIpc) is 3.08. The molecule has 2 heterocycles. The molecule has 6 heteroatoms. The molecule has 1 aromatic carbocycles. The summed E-state index contributed by atoms with van der Waals surface area (Å²) in [7, 11) is 2.01. The summed E-state index contributed by atoms with van der Waals surface area (Å²) in [5.74, 6) is 0.600. The van der Waals surface area contributed by atoms with Gasteiger partial charge in [-0.15, -0.1) is 10.2 Å². The van der Waals surface area contributed by atoms with Crippen LogP contribution in [0.25, 0.3) is 11.4 Å². The lowest BCUT2D eigenvalue weighted by molar-refractivity contribution is 0.881. The molecule has 0 aliphatic heterocycles. The van der Waals surface area contributed by atoms with Gasteiger partial charge in [-0.1, -0.05) is 12.1 Å². The zero-order chi connectivity index (χ0) is 13.1. The average molecular weight is 254 g/mol. The molecule has 3 rings (SSSR count). The minimum Gasteiger partial charge on any atom is -0.381 e. The van der Waals surface area contributed by atoms with Crippen molar-refractivity contribution in [2.24, 2.45) is 7.05 Å². The minimum atomic E-state index is 0.600. The first kappa shape index (κ1) is 11.5. The van der Waals surface area contributed by atoms with Crippen LogP contribution in [0.3, 0.4) is 0 Å². The van der Waals surface area contributed by atoms with Crippen LogP contribution in [0.2, 0.25) is 0 Å². The molecule has 0 saturated heterocycles. The van der Waals surface area contributed by atoms with Crippen LogP contribution in [0.15, 0.2) is 42.7 Å². The second-order valence-electron chi connectivity index (χ2n) is 4.35. The molecular weight excluding hydrogens is 240 g/mol. The lowest BCUT2D eigenvalue weighted by Crippen LogP contribution is -1.98. The highest BCUT2D eigenvalue weighted by molar-refractivity contribution is 5.61. The highest BCUT2D eigenvalue weighted by Gasteiger charge is 2.03.